The van der Waals surface area contributed by atoms with E-state index in [9.17, 15) is 8.42 Å². The largest absolute Gasteiger partial charge is 0.493 e. The zero-order valence-electron chi connectivity index (χ0n) is 12.5. The molecular formula is C17H19NO3S. The summed E-state index contributed by atoms with van der Waals surface area (Å²) in [4.78, 5) is 0. The summed E-state index contributed by atoms with van der Waals surface area (Å²) in [5.74, 6) is 0.796. The molecule has 22 heavy (non-hydrogen) atoms. The molecule has 1 unspecified atom stereocenters. The smallest absolute Gasteiger partial charge is 0.218 e. The van der Waals surface area contributed by atoms with Crippen LogP contribution in [0, 0.1) is 0 Å². The Morgan fingerprint density at radius 3 is 2.55 bits per heavy atom. The maximum atomic E-state index is 12.7. The highest BCUT2D eigenvalue weighted by Crippen LogP contribution is 2.36. The molecule has 0 aromatic heterocycles. The molecule has 0 saturated heterocycles. The third-order valence-electron chi connectivity index (χ3n) is 4.00. The Balaban J connectivity index is 1.86. The summed E-state index contributed by atoms with van der Waals surface area (Å²) < 4.78 is 32.5. The molecule has 0 saturated carbocycles. The normalized spacial score (nSPS) is 17.8. The van der Waals surface area contributed by atoms with Crippen LogP contribution in [-0.2, 0) is 15.8 Å². The topological polar surface area (TPSA) is 46.6 Å². The molecule has 3 rings (SSSR count). The number of para-hydroxylation sites is 1. The van der Waals surface area contributed by atoms with Crippen LogP contribution in [0.2, 0.25) is 0 Å². The van der Waals surface area contributed by atoms with Crippen molar-refractivity contribution in [3.63, 3.8) is 0 Å². The standard InChI is InChI=1S/C17H19NO3S/c1-18(22(19,20)13-14-7-3-2-4-8-14)16-11-12-21-17-10-6-5-9-15(16)17/h2-10,16H,11-13H2,1H3. The second kappa shape index (κ2) is 6.10. The average molecular weight is 317 g/mol. The van der Waals surface area contributed by atoms with E-state index in [1.807, 2.05) is 54.6 Å². The van der Waals surface area contributed by atoms with Gasteiger partial charge in [0.25, 0.3) is 0 Å². The minimum absolute atomic E-state index is 0.0177. The zero-order chi connectivity index (χ0) is 15.6. The lowest BCUT2D eigenvalue weighted by Gasteiger charge is -2.32. The van der Waals surface area contributed by atoms with Gasteiger partial charge < -0.3 is 4.74 Å². The highest BCUT2D eigenvalue weighted by atomic mass is 32.2. The molecular weight excluding hydrogens is 298 g/mol. The fraction of sp³-hybridized carbons (Fsp3) is 0.294. The van der Waals surface area contributed by atoms with Crippen LogP contribution < -0.4 is 4.74 Å². The number of hydrogen-bond donors (Lipinski definition) is 0. The number of hydrogen-bond acceptors (Lipinski definition) is 3. The number of nitrogens with zero attached hydrogens (tertiary/aromatic N) is 1. The van der Waals surface area contributed by atoms with E-state index in [4.69, 9.17) is 4.74 Å². The van der Waals surface area contributed by atoms with Gasteiger partial charge >= 0.3 is 0 Å². The number of sulfonamides is 1. The van der Waals surface area contributed by atoms with Crippen LogP contribution in [0.3, 0.4) is 0 Å². The van der Waals surface area contributed by atoms with Crippen molar-refractivity contribution in [1.82, 2.24) is 4.31 Å². The number of rotatable bonds is 4. The van der Waals surface area contributed by atoms with Crippen LogP contribution in [-0.4, -0.2) is 26.4 Å². The monoisotopic (exact) mass is 317 g/mol. The molecule has 2 aromatic carbocycles. The van der Waals surface area contributed by atoms with Crippen LogP contribution in [0.15, 0.2) is 54.6 Å². The van der Waals surface area contributed by atoms with E-state index < -0.39 is 10.0 Å². The number of benzene rings is 2. The van der Waals surface area contributed by atoms with Crippen molar-refractivity contribution in [1.29, 1.82) is 0 Å². The zero-order valence-corrected chi connectivity index (χ0v) is 13.3. The summed E-state index contributed by atoms with van der Waals surface area (Å²) in [6.45, 7) is 0.535. The van der Waals surface area contributed by atoms with E-state index in [0.717, 1.165) is 16.9 Å². The van der Waals surface area contributed by atoms with Crippen LogP contribution >= 0.6 is 0 Å². The fourth-order valence-corrected chi connectivity index (χ4v) is 4.21. The van der Waals surface area contributed by atoms with Gasteiger partial charge in [0.15, 0.2) is 0 Å². The van der Waals surface area contributed by atoms with Gasteiger partial charge in [-0.3, -0.25) is 0 Å². The molecule has 1 aliphatic rings. The first-order valence-electron chi connectivity index (χ1n) is 7.29. The summed E-state index contributed by atoms with van der Waals surface area (Å²) in [6, 6.07) is 16.7. The summed E-state index contributed by atoms with van der Waals surface area (Å²) in [5, 5.41) is 0. The summed E-state index contributed by atoms with van der Waals surface area (Å²) in [6.07, 6.45) is 0.668. The maximum Gasteiger partial charge on any atom is 0.218 e. The van der Waals surface area contributed by atoms with Gasteiger partial charge in [0.1, 0.15) is 5.75 Å². The SMILES string of the molecule is CN(C1CCOc2ccccc21)S(=O)(=O)Cc1ccccc1. The van der Waals surface area contributed by atoms with E-state index in [2.05, 4.69) is 0 Å². The van der Waals surface area contributed by atoms with Crippen molar-refractivity contribution >= 4 is 10.0 Å². The molecule has 1 aliphatic heterocycles. The third-order valence-corrected chi connectivity index (χ3v) is 5.83. The van der Waals surface area contributed by atoms with Crippen LogP contribution in [0.5, 0.6) is 5.75 Å². The van der Waals surface area contributed by atoms with Crippen LogP contribution in [0.1, 0.15) is 23.6 Å². The summed E-state index contributed by atoms with van der Waals surface area (Å²) in [5.41, 5.74) is 1.74. The summed E-state index contributed by atoms with van der Waals surface area (Å²) >= 11 is 0. The molecule has 1 atom stereocenters. The van der Waals surface area contributed by atoms with Gasteiger partial charge in [0.2, 0.25) is 10.0 Å². The van der Waals surface area contributed by atoms with Gasteiger partial charge in [-0.2, -0.15) is 4.31 Å². The first-order valence-corrected chi connectivity index (χ1v) is 8.90. The van der Waals surface area contributed by atoms with Crippen molar-refractivity contribution in [3.05, 3.63) is 65.7 Å². The molecule has 1 heterocycles. The molecule has 5 heteroatoms. The molecule has 0 bridgehead atoms. The lowest BCUT2D eigenvalue weighted by atomic mass is 10.0. The maximum absolute atomic E-state index is 12.7. The highest BCUT2D eigenvalue weighted by Gasteiger charge is 2.31. The van der Waals surface area contributed by atoms with Gasteiger partial charge in [0.05, 0.1) is 18.4 Å². The van der Waals surface area contributed by atoms with E-state index in [0.29, 0.717) is 13.0 Å². The first-order chi connectivity index (χ1) is 10.6. The fourth-order valence-electron chi connectivity index (χ4n) is 2.78. The average Bonchev–Trinajstić information content (AvgIpc) is 2.54. The second-order valence-electron chi connectivity index (χ2n) is 5.45. The lowest BCUT2D eigenvalue weighted by Crippen LogP contribution is -2.35. The number of ether oxygens (including phenoxy) is 1. The van der Waals surface area contributed by atoms with Crippen molar-refractivity contribution in [2.24, 2.45) is 0 Å². The molecule has 0 N–H and O–H groups in total. The van der Waals surface area contributed by atoms with Crippen molar-refractivity contribution < 1.29 is 13.2 Å². The van der Waals surface area contributed by atoms with E-state index in [-0.39, 0.29) is 11.8 Å². The quantitative estimate of drug-likeness (QED) is 0.871. The van der Waals surface area contributed by atoms with Gasteiger partial charge in [-0.25, -0.2) is 8.42 Å². The molecule has 0 fully saturated rings. The molecule has 0 amide bonds. The first kappa shape index (κ1) is 15.1. The predicted octanol–water partition coefficient (Wildman–Crippen LogP) is 2.97. The van der Waals surface area contributed by atoms with Gasteiger partial charge in [-0.1, -0.05) is 48.5 Å². The Kier molecular flexibility index (Phi) is 4.18. The van der Waals surface area contributed by atoms with Crippen LogP contribution in [0.25, 0.3) is 0 Å². The van der Waals surface area contributed by atoms with Gasteiger partial charge in [-0.05, 0) is 11.6 Å². The summed E-state index contributed by atoms with van der Waals surface area (Å²) in [7, 11) is -1.72. The molecule has 4 nitrogen and oxygen atoms in total. The second-order valence-corrected chi connectivity index (χ2v) is 7.48. The highest BCUT2D eigenvalue weighted by molar-refractivity contribution is 7.88. The molecule has 2 aromatic rings. The van der Waals surface area contributed by atoms with Gasteiger partial charge in [0, 0.05) is 19.0 Å². The molecule has 0 spiro atoms. The Labute approximate surface area is 131 Å². The van der Waals surface area contributed by atoms with E-state index in [1.165, 1.54) is 4.31 Å². The molecule has 0 radical (unpaired) electrons. The lowest BCUT2D eigenvalue weighted by molar-refractivity contribution is 0.220. The van der Waals surface area contributed by atoms with E-state index in [1.54, 1.807) is 7.05 Å². The Morgan fingerprint density at radius 1 is 1.09 bits per heavy atom. The minimum Gasteiger partial charge on any atom is -0.493 e. The Bertz CT molecular complexity index is 744. The molecule has 0 aliphatic carbocycles. The third kappa shape index (κ3) is 3.00. The van der Waals surface area contributed by atoms with Crippen molar-refractivity contribution in [2.75, 3.05) is 13.7 Å². The molecule has 116 valence electrons. The van der Waals surface area contributed by atoms with Gasteiger partial charge in [-0.15, -0.1) is 0 Å². The van der Waals surface area contributed by atoms with E-state index >= 15 is 0 Å². The minimum atomic E-state index is -3.38. The van der Waals surface area contributed by atoms with Crippen molar-refractivity contribution in [3.8, 4) is 5.75 Å². The Morgan fingerprint density at radius 2 is 1.77 bits per heavy atom. The predicted molar refractivity (Wildman–Crippen MR) is 86.1 cm³/mol. The Hall–Kier alpha value is -1.85. The van der Waals surface area contributed by atoms with Crippen molar-refractivity contribution in [2.45, 2.75) is 18.2 Å². The number of fused-ring (bicyclic) bond motifs is 1. The van der Waals surface area contributed by atoms with Crippen LogP contribution in [0.4, 0.5) is 0 Å².